The molecule has 0 unspecified atom stereocenters. The maximum atomic E-state index is 15.1. The van der Waals surface area contributed by atoms with Gasteiger partial charge in [0.15, 0.2) is 5.17 Å². The summed E-state index contributed by atoms with van der Waals surface area (Å²) in [6, 6.07) is 7.45. The average molecular weight is 488 g/mol. The normalized spacial score (nSPS) is 24.3. The number of nitrogens with zero attached hydrogens (tertiary/aromatic N) is 3. The Morgan fingerprint density at radius 1 is 1.41 bits per heavy atom. The molecular formula is C24H27F2N5O2S. The third-order valence-electron chi connectivity index (χ3n) is 6.19. The second-order valence-corrected chi connectivity index (χ2v) is 9.99. The number of alkyl halides is 1. The van der Waals surface area contributed by atoms with Gasteiger partial charge in [-0.15, -0.1) is 0 Å². The van der Waals surface area contributed by atoms with Gasteiger partial charge < -0.3 is 15.8 Å². The van der Waals surface area contributed by atoms with Crippen molar-refractivity contribution in [2.75, 3.05) is 25.2 Å². The van der Waals surface area contributed by atoms with Crippen molar-refractivity contribution in [3.05, 3.63) is 58.7 Å². The zero-order valence-corrected chi connectivity index (χ0v) is 20.3. The van der Waals surface area contributed by atoms with Crippen molar-refractivity contribution in [3.63, 3.8) is 0 Å². The van der Waals surface area contributed by atoms with Crippen LogP contribution in [-0.4, -0.2) is 40.7 Å². The van der Waals surface area contributed by atoms with Crippen molar-refractivity contribution < 1.29 is 18.3 Å². The van der Waals surface area contributed by atoms with Crippen LogP contribution < -0.4 is 11.1 Å². The van der Waals surface area contributed by atoms with E-state index in [1.807, 2.05) is 19.9 Å². The largest absolute Gasteiger partial charge is 0.380 e. The number of benzene rings is 1. The summed E-state index contributed by atoms with van der Waals surface area (Å²) >= 11 is 1.28. The van der Waals surface area contributed by atoms with Gasteiger partial charge in [-0.2, -0.15) is 5.26 Å². The van der Waals surface area contributed by atoms with Crippen molar-refractivity contribution in [1.29, 1.82) is 5.26 Å². The van der Waals surface area contributed by atoms with Gasteiger partial charge in [-0.05, 0) is 50.6 Å². The van der Waals surface area contributed by atoms with Crippen molar-refractivity contribution in [1.82, 2.24) is 4.98 Å². The number of nitrogens with two attached hydrogens (primary N) is 1. The molecule has 2 aromatic rings. The number of aliphatic imine (C=N–C) groups is 1. The number of thioether (sulfide) groups is 1. The van der Waals surface area contributed by atoms with Crippen LogP contribution in [0.25, 0.3) is 0 Å². The molecule has 0 spiro atoms. The minimum Gasteiger partial charge on any atom is -0.380 e. The van der Waals surface area contributed by atoms with Crippen LogP contribution in [0.3, 0.4) is 0 Å². The summed E-state index contributed by atoms with van der Waals surface area (Å²) in [7, 11) is 0. The third-order valence-corrected chi connectivity index (χ3v) is 7.43. The number of carbonyl (C=O) groups is 1. The number of hydrogen-bond acceptors (Lipinski definition) is 7. The highest BCUT2D eigenvalue weighted by Gasteiger charge is 2.53. The van der Waals surface area contributed by atoms with Crippen LogP contribution in [0.1, 0.15) is 48.0 Å². The number of nitriles is 1. The molecule has 3 atom stereocenters. The Morgan fingerprint density at radius 3 is 2.76 bits per heavy atom. The van der Waals surface area contributed by atoms with Crippen LogP contribution in [0, 0.1) is 30.0 Å². The zero-order chi connectivity index (χ0) is 25.1. The topological polar surface area (TPSA) is 113 Å². The van der Waals surface area contributed by atoms with Crippen molar-refractivity contribution in [2.24, 2.45) is 16.6 Å². The Labute approximate surface area is 201 Å². The van der Waals surface area contributed by atoms with Gasteiger partial charge in [-0.25, -0.2) is 18.8 Å². The molecule has 0 radical (unpaired) electrons. The molecule has 0 fully saturated rings. The van der Waals surface area contributed by atoms with Crippen LogP contribution in [0.4, 0.5) is 14.5 Å². The highest BCUT2D eigenvalue weighted by atomic mass is 32.2. The predicted octanol–water partition coefficient (Wildman–Crippen LogP) is 4.31. The fraction of sp³-hybridized carbons (Fsp3) is 0.417. The van der Waals surface area contributed by atoms with E-state index in [1.165, 1.54) is 36.2 Å². The molecule has 1 aliphatic heterocycles. The van der Waals surface area contributed by atoms with Crippen molar-refractivity contribution in [2.45, 2.75) is 38.0 Å². The first-order chi connectivity index (χ1) is 16.1. The Morgan fingerprint density at radius 2 is 2.15 bits per heavy atom. The smallest absolute Gasteiger partial charge is 0.274 e. The number of aromatic nitrogens is 1. The number of amides is 1. The van der Waals surface area contributed by atoms with E-state index in [2.05, 4.69) is 15.3 Å². The number of rotatable bonds is 7. The standard InChI is InChI=1S/C24H27F2N5O2S/c1-5-33-13-23(4)15(3)24(12-25,31-22(28)34-23)18-9-17(6-7-19(18)26)30-21(32)20-14(2)8-16(10-27)11-29-20/h6-9,11,15H,5,12-13H2,1-4H3,(H2,28,31)(H,30,32)/t15-,23-,24+/m1/s1. The van der Waals surface area contributed by atoms with Crippen LogP contribution in [-0.2, 0) is 10.3 Å². The van der Waals surface area contributed by atoms with Gasteiger partial charge in [0, 0.05) is 34.7 Å². The summed E-state index contributed by atoms with van der Waals surface area (Å²) in [5.74, 6) is -1.68. The Bertz CT molecular complexity index is 1170. The number of aryl methyl sites for hydroxylation is 1. The van der Waals surface area contributed by atoms with E-state index in [-0.39, 0.29) is 28.7 Å². The Kier molecular flexibility index (Phi) is 7.58. The molecule has 3 rings (SSSR count). The number of halogens is 2. The lowest BCUT2D eigenvalue weighted by molar-refractivity contribution is 0.0816. The minimum atomic E-state index is -1.59. The fourth-order valence-corrected chi connectivity index (χ4v) is 5.32. The number of ether oxygens (including phenoxy) is 1. The third kappa shape index (κ3) is 4.76. The maximum absolute atomic E-state index is 15.1. The molecule has 0 bridgehead atoms. The highest BCUT2D eigenvalue weighted by molar-refractivity contribution is 8.15. The van der Waals surface area contributed by atoms with Gasteiger partial charge in [-0.3, -0.25) is 4.79 Å². The second-order valence-electron chi connectivity index (χ2n) is 8.43. The van der Waals surface area contributed by atoms with E-state index in [0.717, 1.165) is 0 Å². The molecule has 1 aromatic heterocycles. The first-order valence-electron chi connectivity index (χ1n) is 10.8. The second kappa shape index (κ2) is 10.1. The van der Waals surface area contributed by atoms with Gasteiger partial charge in [0.05, 0.1) is 12.2 Å². The lowest BCUT2D eigenvalue weighted by Gasteiger charge is -2.47. The zero-order valence-electron chi connectivity index (χ0n) is 19.5. The van der Waals surface area contributed by atoms with Crippen LogP contribution in [0.2, 0.25) is 0 Å². The first-order valence-corrected chi connectivity index (χ1v) is 11.6. The van der Waals surface area contributed by atoms with Crippen molar-refractivity contribution in [3.8, 4) is 6.07 Å². The molecule has 1 aromatic carbocycles. The van der Waals surface area contributed by atoms with Crippen molar-refractivity contribution >= 4 is 28.5 Å². The monoisotopic (exact) mass is 487 g/mol. The molecule has 3 N–H and O–H groups in total. The minimum absolute atomic E-state index is 0.00390. The van der Waals surface area contributed by atoms with Gasteiger partial charge in [-0.1, -0.05) is 18.7 Å². The molecule has 180 valence electrons. The molecule has 1 aliphatic rings. The summed E-state index contributed by atoms with van der Waals surface area (Å²) in [5, 5.41) is 11.8. The van der Waals surface area contributed by atoms with Crippen LogP contribution >= 0.6 is 11.8 Å². The molecule has 34 heavy (non-hydrogen) atoms. The predicted molar refractivity (Wildman–Crippen MR) is 129 cm³/mol. The highest BCUT2D eigenvalue weighted by Crippen LogP contribution is 2.51. The van der Waals surface area contributed by atoms with E-state index in [0.29, 0.717) is 17.7 Å². The van der Waals surface area contributed by atoms with Gasteiger partial charge in [0.1, 0.15) is 29.8 Å². The average Bonchev–Trinajstić information content (AvgIpc) is 2.81. The number of nitrogens with one attached hydrogen (secondary N) is 1. The Balaban J connectivity index is 2.01. The molecule has 0 aliphatic carbocycles. The van der Waals surface area contributed by atoms with Gasteiger partial charge >= 0.3 is 0 Å². The number of carbonyl (C=O) groups excluding carboxylic acids is 1. The summed E-state index contributed by atoms with van der Waals surface area (Å²) in [4.78, 5) is 21.2. The molecule has 10 heteroatoms. The van der Waals surface area contributed by atoms with Crippen LogP contribution in [0.5, 0.6) is 0 Å². The first kappa shape index (κ1) is 25.6. The van der Waals surface area contributed by atoms with Gasteiger partial charge in [0.2, 0.25) is 0 Å². The summed E-state index contributed by atoms with van der Waals surface area (Å²) in [6.45, 7) is 6.99. The fourth-order valence-electron chi connectivity index (χ4n) is 4.12. The van der Waals surface area contributed by atoms with E-state index in [4.69, 9.17) is 15.7 Å². The Hall–Kier alpha value is -3.03. The number of anilines is 1. The lowest BCUT2D eigenvalue weighted by Crippen LogP contribution is -2.53. The van der Waals surface area contributed by atoms with E-state index < -0.39 is 34.6 Å². The number of hydrogen-bond donors (Lipinski definition) is 2. The molecule has 2 heterocycles. The quantitative estimate of drug-likeness (QED) is 0.602. The summed E-state index contributed by atoms with van der Waals surface area (Å²) in [6.07, 6.45) is 1.30. The van der Waals surface area contributed by atoms with E-state index in [9.17, 15) is 9.18 Å². The molecule has 7 nitrogen and oxygen atoms in total. The number of amidine groups is 1. The summed E-state index contributed by atoms with van der Waals surface area (Å²) < 4.78 is 34.9. The van der Waals surface area contributed by atoms with Crippen LogP contribution in [0.15, 0.2) is 35.5 Å². The van der Waals surface area contributed by atoms with Gasteiger partial charge in [0.25, 0.3) is 5.91 Å². The number of pyridine rings is 1. The molecule has 0 saturated heterocycles. The SMILES string of the molecule is CCOC[C@@]1(C)SC(N)=N[C@](CF)(c2cc(NC(=O)c3ncc(C#N)cc3C)ccc2F)[C@@H]1C. The van der Waals surface area contributed by atoms with E-state index in [1.54, 1.807) is 19.9 Å². The maximum Gasteiger partial charge on any atom is 0.274 e. The molecule has 1 amide bonds. The summed E-state index contributed by atoms with van der Waals surface area (Å²) in [5.41, 5.74) is 5.72. The van der Waals surface area contributed by atoms with E-state index >= 15 is 4.39 Å². The molecular weight excluding hydrogens is 460 g/mol. The molecule has 0 saturated carbocycles. The lowest BCUT2D eigenvalue weighted by atomic mass is 9.73.